The molecule has 0 aliphatic carbocycles. The second kappa shape index (κ2) is 8.35. The number of ether oxygens (including phenoxy) is 1. The summed E-state index contributed by atoms with van der Waals surface area (Å²) in [4.78, 5) is 34.1. The Morgan fingerprint density at radius 1 is 1.30 bits per heavy atom. The lowest BCUT2D eigenvalue weighted by Crippen LogP contribution is -2.42. The predicted molar refractivity (Wildman–Crippen MR) is 59.8 cm³/mol. The van der Waals surface area contributed by atoms with Crippen molar-refractivity contribution in [2.75, 3.05) is 33.4 Å². The predicted octanol–water partition coefficient (Wildman–Crippen LogP) is -0.385. The summed E-state index contributed by atoms with van der Waals surface area (Å²) in [5.74, 6) is -3.31. The molecule has 0 radical (unpaired) electrons. The number of halogens is 3. The Morgan fingerprint density at radius 3 is 2.35 bits per heavy atom. The maximum atomic E-state index is 11.8. The van der Waals surface area contributed by atoms with Gasteiger partial charge in [-0.2, -0.15) is 13.2 Å². The molecule has 0 unspecified atom stereocenters. The number of carboxylic acid groups (broad SMARTS) is 1. The SMILES string of the molecule is COCCN(CC(=O)O)C(=O)CC(=O)NCC(F)(F)F. The van der Waals surface area contributed by atoms with Gasteiger partial charge in [-0.1, -0.05) is 0 Å². The monoisotopic (exact) mass is 300 g/mol. The molecule has 2 amide bonds. The van der Waals surface area contributed by atoms with E-state index in [1.807, 2.05) is 0 Å². The molecule has 0 rings (SSSR count). The molecular weight excluding hydrogens is 285 g/mol. The quantitative estimate of drug-likeness (QED) is 0.595. The van der Waals surface area contributed by atoms with Crippen molar-refractivity contribution in [1.29, 1.82) is 0 Å². The first-order valence-electron chi connectivity index (χ1n) is 5.47. The first-order chi connectivity index (χ1) is 9.15. The van der Waals surface area contributed by atoms with Crippen molar-refractivity contribution in [3.8, 4) is 0 Å². The number of carboxylic acids is 1. The van der Waals surface area contributed by atoms with Crippen molar-refractivity contribution in [3.05, 3.63) is 0 Å². The Hall–Kier alpha value is -1.84. The highest BCUT2D eigenvalue weighted by atomic mass is 19.4. The summed E-state index contributed by atoms with van der Waals surface area (Å²) in [5, 5.41) is 10.1. The fraction of sp³-hybridized carbons (Fsp3) is 0.700. The van der Waals surface area contributed by atoms with Crippen molar-refractivity contribution in [2.24, 2.45) is 0 Å². The van der Waals surface area contributed by atoms with Crippen LogP contribution in [0.2, 0.25) is 0 Å². The van der Waals surface area contributed by atoms with Crippen LogP contribution in [0, 0.1) is 0 Å². The van der Waals surface area contributed by atoms with Gasteiger partial charge >= 0.3 is 12.1 Å². The molecule has 0 aliphatic heterocycles. The van der Waals surface area contributed by atoms with Crippen LogP contribution in [0.1, 0.15) is 6.42 Å². The van der Waals surface area contributed by atoms with Crippen molar-refractivity contribution in [2.45, 2.75) is 12.6 Å². The number of rotatable bonds is 8. The number of aliphatic carboxylic acids is 1. The van der Waals surface area contributed by atoms with Crippen LogP contribution in [0.4, 0.5) is 13.2 Å². The number of hydrogen-bond donors (Lipinski definition) is 2. The van der Waals surface area contributed by atoms with Gasteiger partial charge in [0.1, 0.15) is 19.5 Å². The van der Waals surface area contributed by atoms with Crippen LogP contribution in [0.3, 0.4) is 0 Å². The third-order valence-electron chi connectivity index (χ3n) is 2.04. The molecule has 7 nitrogen and oxygen atoms in total. The summed E-state index contributed by atoms with van der Waals surface area (Å²) in [7, 11) is 1.33. The van der Waals surface area contributed by atoms with Gasteiger partial charge in [0.05, 0.1) is 6.61 Å². The van der Waals surface area contributed by atoms with Gasteiger partial charge in [-0.25, -0.2) is 0 Å². The van der Waals surface area contributed by atoms with E-state index < -0.39 is 43.5 Å². The lowest BCUT2D eigenvalue weighted by molar-refractivity contribution is -0.148. The molecule has 0 saturated carbocycles. The van der Waals surface area contributed by atoms with Crippen LogP contribution in [-0.4, -0.2) is 67.3 Å². The average Bonchev–Trinajstić information content (AvgIpc) is 2.30. The Balaban J connectivity index is 4.36. The highest BCUT2D eigenvalue weighted by molar-refractivity contribution is 5.97. The van der Waals surface area contributed by atoms with Gasteiger partial charge in [0, 0.05) is 13.7 Å². The van der Waals surface area contributed by atoms with E-state index in [1.165, 1.54) is 12.4 Å². The molecule has 0 aromatic heterocycles. The van der Waals surface area contributed by atoms with Crippen LogP contribution in [0.25, 0.3) is 0 Å². The number of alkyl halides is 3. The summed E-state index contributed by atoms with van der Waals surface area (Å²) >= 11 is 0. The fourth-order valence-electron chi connectivity index (χ4n) is 1.17. The number of methoxy groups -OCH3 is 1. The summed E-state index contributed by atoms with van der Waals surface area (Å²) in [6.07, 6.45) is -5.43. The van der Waals surface area contributed by atoms with Gasteiger partial charge in [-0.3, -0.25) is 14.4 Å². The van der Waals surface area contributed by atoms with E-state index in [4.69, 9.17) is 5.11 Å². The van der Waals surface area contributed by atoms with Crippen molar-refractivity contribution >= 4 is 17.8 Å². The Bertz CT molecular complexity index is 359. The number of nitrogens with one attached hydrogen (secondary N) is 1. The molecular formula is C10H15F3N2O5. The lowest BCUT2D eigenvalue weighted by Gasteiger charge is -2.20. The van der Waals surface area contributed by atoms with Gasteiger partial charge in [0.25, 0.3) is 0 Å². The zero-order chi connectivity index (χ0) is 15.8. The van der Waals surface area contributed by atoms with Crippen LogP contribution in [0.5, 0.6) is 0 Å². The van der Waals surface area contributed by atoms with Gasteiger partial charge in [-0.15, -0.1) is 0 Å². The minimum Gasteiger partial charge on any atom is -0.480 e. The zero-order valence-electron chi connectivity index (χ0n) is 10.7. The van der Waals surface area contributed by atoms with Crippen LogP contribution < -0.4 is 5.32 Å². The number of hydrogen-bond acceptors (Lipinski definition) is 4. The van der Waals surface area contributed by atoms with E-state index in [0.717, 1.165) is 4.90 Å². The zero-order valence-corrected chi connectivity index (χ0v) is 10.7. The van der Waals surface area contributed by atoms with E-state index in [1.54, 1.807) is 0 Å². The molecule has 0 saturated heterocycles. The molecule has 0 atom stereocenters. The number of carbonyl (C=O) groups is 3. The van der Waals surface area contributed by atoms with Gasteiger partial charge < -0.3 is 20.1 Å². The van der Waals surface area contributed by atoms with Crippen molar-refractivity contribution in [1.82, 2.24) is 10.2 Å². The molecule has 0 spiro atoms. The molecule has 0 bridgehead atoms. The molecule has 116 valence electrons. The molecule has 10 heteroatoms. The number of nitrogens with zero attached hydrogens (tertiary/aromatic N) is 1. The average molecular weight is 300 g/mol. The van der Waals surface area contributed by atoms with E-state index in [-0.39, 0.29) is 13.2 Å². The minimum atomic E-state index is -4.57. The van der Waals surface area contributed by atoms with E-state index in [2.05, 4.69) is 4.74 Å². The second-order valence-corrected chi connectivity index (χ2v) is 3.77. The molecule has 2 N–H and O–H groups in total. The number of carbonyl (C=O) groups excluding carboxylic acids is 2. The van der Waals surface area contributed by atoms with Crippen molar-refractivity contribution in [3.63, 3.8) is 0 Å². The maximum Gasteiger partial charge on any atom is 0.405 e. The third kappa shape index (κ3) is 9.14. The smallest absolute Gasteiger partial charge is 0.405 e. The minimum absolute atomic E-state index is 0.0448. The fourth-order valence-corrected chi connectivity index (χ4v) is 1.17. The highest BCUT2D eigenvalue weighted by Gasteiger charge is 2.28. The molecule has 0 heterocycles. The summed E-state index contributed by atoms with van der Waals surface area (Å²) in [5.41, 5.74) is 0. The van der Waals surface area contributed by atoms with Gasteiger partial charge in [0.2, 0.25) is 11.8 Å². The molecule has 0 aliphatic rings. The van der Waals surface area contributed by atoms with Crippen LogP contribution in [0.15, 0.2) is 0 Å². The Morgan fingerprint density at radius 2 is 1.90 bits per heavy atom. The maximum absolute atomic E-state index is 11.8. The second-order valence-electron chi connectivity index (χ2n) is 3.77. The van der Waals surface area contributed by atoms with E-state index in [0.29, 0.717) is 0 Å². The molecule has 0 aromatic rings. The van der Waals surface area contributed by atoms with Crippen molar-refractivity contribution < 1.29 is 37.4 Å². The summed E-state index contributed by atoms with van der Waals surface area (Å²) < 4.78 is 40.2. The lowest BCUT2D eigenvalue weighted by atomic mass is 10.3. The first kappa shape index (κ1) is 18.2. The normalized spacial score (nSPS) is 11.0. The summed E-state index contributed by atoms with van der Waals surface area (Å²) in [6, 6.07) is 0. The highest BCUT2D eigenvalue weighted by Crippen LogP contribution is 2.12. The standard InChI is InChI=1S/C10H15F3N2O5/c1-20-3-2-15(5-9(18)19)8(17)4-7(16)14-6-10(11,12)13/h2-6H2,1H3,(H,14,16)(H,18,19). The number of amides is 2. The van der Waals surface area contributed by atoms with Crippen LogP contribution in [-0.2, 0) is 19.1 Å². The topological polar surface area (TPSA) is 95.9 Å². The van der Waals surface area contributed by atoms with E-state index >= 15 is 0 Å². The van der Waals surface area contributed by atoms with Gasteiger partial charge in [0.15, 0.2) is 0 Å². The first-order valence-corrected chi connectivity index (χ1v) is 5.47. The molecule has 0 aromatic carbocycles. The Kier molecular flexibility index (Phi) is 7.59. The van der Waals surface area contributed by atoms with Crippen LogP contribution >= 0.6 is 0 Å². The molecule has 0 fully saturated rings. The summed E-state index contributed by atoms with van der Waals surface area (Å²) in [6.45, 7) is -2.23. The third-order valence-corrected chi connectivity index (χ3v) is 2.04. The largest absolute Gasteiger partial charge is 0.480 e. The Labute approximate surface area is 112 Å². The van der Waals surface area contributed by atoms with Gasteiger partial charge in [-0.05, 0) is 0 Å². The van der Waals surface area contributed by atoms with E-state index in [9.17, 15) is 27.6 Å². The molecule has 20 heavy (non-hydrogen) atoms.